The summed E-state index contributed by atoms with van der Waals surface area (Å²) in [6, 6.07) is 12.1. The summed E-state index contributed by atoms with van der Waals surface area (Å²) in [5.41, 5.74) is 0.705. The van der Waals surface area contributed by atoms with Crippen LogP contribution in [0.25, 0.3) is 0 Å². The van der Waals surface area contributed by atoms with E-state index in [9.17, 15) is 15.2 Å². The van der Waals surface area contributed by atoms with E-state index in [1.807, 2.05) is 18.2 Å². The first-order valence-corrected chi connectivity index (χ1v) is 5.80. The molecule has 1 aromatic heterocycles. The fourth-order valence-corrected chi connectivity index (χ4v) is 1.71. The number of nitro groups is 1. The van der Waals surface area contributed by atoms with Gasteiger partial charge in [0.25, 0.3) is 0 Å². The normalized spacial score (nSPS) is 11.8. The van der Waals surface area contributed by atoms with Gasteiger partial charge in [0.2, 0.25) is 0 Å². The summed E-state index contributed by atoms with van der Waals surface area (Å²) >= 11 is 0. The number of aromatic nitrogens is 1. The van der Waals surface area contributed by atoms with E-state index >= 15 is 0 Å². The van der Waals surface area contributed by atoms with Crippen LogP contribution in [0.15, 0.2) is 48.7 Å². The number of benzene rings is 1. The van der Waals surface area contributed by atoms with Crippen molar-refractivity contribution in [1.29, 1.82) is 0 Å². The zero-order chi connectivity index (χ0) is 13.7. The molecule has 6 nitrogen and oxygen atoms in total. The van der Waals surface area contributed by atoms with Crippen LogP contribution in [0.4, 0.5) is 11.5 Å². The van der Waals surface area contributed by atoms with Gasteiger partial charge in [-0.05, 0) is 11.6 Å². The third-order valence-electron chi connectivity index (χ3n) is 2.69. The highest BCUT2D eigenvalue weighted by Gasteiger charge is 2.20. The quantitative estimate of drug-likeness (QED) is 0.630. The first-order chi connectivity index (χ1) is 9.18. The highest BCUT2D eigenvalue weighted by molar-refractivity contribution is 5.50. The van der Waals surface area contributed by atoms with Crippen molar-refractivity contribution in [2.45, 2.75) is 6.10 Å². The maximum Gasteiger partial charge on any atom is 0.357 e. The second-order valence-electron chi connectivity index (χ2n) is 3.99. The van der Waals surface area contributed by atoms with E-state index in [1.54, 1.807) is 24.4 Å². The number of pyridine rings is 1. The fourth-order valence-electron chi connectivity index (χ4n) is 1.71. The van der Waals surface area contributed by atoms with Crippen LogP contribution < -0.4 is 10.3 Å². The second-order valence-corrected chi connectivity index (χ2v) is 3.99. The molecule has 0 saturated carbocycles. The van der Waals surface area contributed by atoms with Crippen LogP contribution in [-0.2, 0) is 0 Å². The summed E-state index contributed by atoms with van der Waals surface area (Å²) in [7, 11) is 0. The van der Waals surface area contributed by atoms with Crippen LogP contribution in [0.3, 0.4) is 0 Å². The Hall–Kier alpha value is -2.47. The van der Waals surface area contributed by atoms with Crippen LogP contribution in [0, 0.1) is 10.1 Å². The number of hydrogen-bond donors (Lipinski definition) is 2. The van der Waals surface area contributed by atoms with Crippen LogP contribution in [0.5, 0.6) is 0 Å². The molecule has 3 N–H and O–H groups in total. The predicted octanol–water partition coefficient (Wildman–Crippen LogP) is 1.55. The van der Waals surface area contributed by atoms with Crippen LogP contribution in [0.1, 0.15) is 11.7 Å². The van der Waals surface area contributed by atoms with Gasteiger partial charge < -0.3 is 5.11 Å². The van der Waals surface area contributed by atoms with Crippen molar-refractivity contribution in [3.8, 4) is 0 Å². The smallest absolute Gasteiger partial charge is 0.357 e. The summed E-state index contributed by atoms with van der Waals surface area (Å²) in [6.45, 7) is 0.186. The molecule has 98 valence electrons. The Morgan fingerprint density at radius 1 is 1.26 bits per heavy atom. The van der Waals surface area contributed by atoms with Gasteiger partial charge in [-0.3, -0.25) is 15.4 Å². The van der Waals surface area contributed by atoms with Gasteiger partial charge >= 0.3 is 11.5 Å². The number of anilines is 1. The summed E-state index contributed by atoms with van der Waals surface area (Å²) < 4.78 is 0. The van der Waals surface area contributed by atoms with E-state index < -0.39 is 11.0 Å². The number of nitrogens with one attached hydrogen (secondary N) is 2. The Kier molecular flexibility index (Phi) is 4.04. The average Bonchev–Trinajstić information content (AvgIpc) is 2.46. The molecule has 0 radical (unpaired) electrons. The van der Waals surface area contributed by atoms with Gasteiger partial charge in [-0.1, -0.05) is 30.3 Å². The van der Waals surface area contributed by atoms with Crippen LogP contribution >= 0.6 is 0 Å². The Morgan fingerprint density at radius 3 is 2.68 bits per heavy atom. The maximum atomic E-state index is 10.8. The fraction of sp³-hybridized carbons (Fsp3) is 0.154. The average molecular weight is 260 g/mol. The standard InChI is InChI=1S/C13H13N3O3/c17-12(10-5-2-1-3-6-10)9-15-13-11(16(18)19)7-4-8-14-13/h1-8,12,17H,9H2,(H,14,15)/p+1/t12-/m0/s1. The van der Waals surface area contributed by atoms with Crippen molar-refractivity contribution < 1.29 is 15.0 Å². The lowest BCUT2D eigenvalue weighted by molar-refractivity contribution is -0.409. The van der Waals surface area contributed by atoms with Crippen molar-refractivity contribution in [1.82, 2.24) is 0 Å². The van der Waals surface area contributed by atoms with Crippen molar-refractivity contribution in [2.75, 3.05) is 11.9 Å². The summed E-state index contributed by atoms with van der Waals surface area (Å²) in [5, 5.41) is 23.6. The molecule has 19 heavy (non-hydrogen) atoms. The molecule has 0 aliphatic carbocycles. The van der Waals surface area contributed by atoms with E-state index in [4.69, 9.17) is 0 Å². The van der Waals surface area contributed by atoms with E-state index in [0.717, 1.165) is 5.56 Å². The number of rotatable bonds is 5. The number of aromatic amines is 1. The molecule has 0 aliphatic heterocycles. The minimum Gasteiger partial charge on any atom is -0.384 e. The van der Waals surface area contributed by atoms with Gasteiger partial charge in [0.1, 0.15) is 12.6 Å². The number of nitrogens with zero attached hydrogens (tertiary/aromatic N) is 1. The largest absolute Gasteiger partial charge is 0.384 e. The van der Waals surface area contributed by atoms with Gasteiger partial charge in [-0.15, -0.1) is 0 Å². The molecule has 0 aliphatic rings. The SMILES string of the molecule is O=[N+]([O-])c1ccc[nH+]c1NC[C@H](O)c1ccccc1. The maximum absolute atomic E-state index is 10.8. The molecular weight excluding hydrogens is 246 g/mol. The van der Waals surface area contributed by atoms with Crippen molar-refractivity contribution in [2.24, 2.45) is 0 Å². The van der Waals surface area contributed by atoms with Crippen molar-refractivity contribution >= 4 is 11.5 Å². The highest BCUT2D eigenvalue weighted by atomic mass is 16.6. The molecule has 0 amide bonds. The molecule has 0 unspecified atom stereocenters. The summed E-state index contributed by atoms with van der Waals surface area (Å²) in [4.78, 5) is 13.1. The van der Waals surface area contributed by atoms with Gasteiger partial charge in [0, 0.05) is 6.07 Å². The Morgan fingerprint density at radius 2 is 2.00 bits per heavy atom. The highest BCUT2D eigenvalue weighted by Crippen LogP contribution is 2.19. The zero-order valence-electron chi connectivity index (χ0n) is 10.1. The second kappa shape index (κ2) is 5.92. The third kappa shape index (κ3) is 3.26. The van der Waals surface area contributed by atoms with Crippen molar-refractivity contribution in [3.63, 3.8) is 0 Å². The molecule has 6 heteroatoms. The summed E-state index contributed by atoms with van der Waals surface area (Å²) in [5.74, 6) is 0.280. The topological polar surface area (TPSA) is 89.5 Å². The first-order valence-electron chi connectivity index (χ1n) is 5.80. The molecule has 2 rings (SSSR count). The lowest BCUT2D eigenvalue weighted by Gasteiger charge is -2.08. The Labute approximate surface area is 109 Å². The molecule has 1 atom stereocenters. The molecule has 0 saturated heterocycles. The van der Waals surface area contributed by atoms with Gasteiger partial charge in [0.15, 0.2) is 0 Å². The predicted molar refractivity (Wildman–Crippen MR) is 69.5 cm³/mol. The Bertz CT molecular complexity index is 560. The van der Waals surface area contributed by atoms with Gasteiger partial charge in [-0.25, -0.2) is 4.98 Å². The minimum absolute atomic E-state index is 0.0530. The summed E-state index contributed by atoms with van der Waals surface area (Å²) in [6.07, 6.45) is 0.860. The molecule has 0 bridgehead atoms. The van der Waals surface area contributed by atoms with E-state index in [-0.39, 0.29) is 18.1 Å². The van der Waals surface area contributed by atoms with Crippen molar-refractivity contribution in [3.05, 3.63) is 64.3 Å². The lowest BCUT2D eigenvalue weighted by Crippen LogP contribution is -2.19. The monoisotopic (exact) mass is 260 g/mol. The first kappa shape index (κ1) is 13.0. The minimum atomic E-state index is -0.727. The number of aliphatic hydroxyl groups excluding tert-OH is 1. The molecular formula is C13H14N3O3+. The zero-order valence-corrected chi connectivity index (χ0v) is 10.1. The van der Waals surface area contributed by atoms with E-state index in [0.29, 0.717) is 0 Å². The number of aliphatic hydroxyl groups is 1. The molecule has 0 spiro atoms. The van der Waals surface area contributed by atoms with Crippen LogP contribution in [0.2, 0.25) is 0 Å². The van der Waals surface area contributed by atoms with E-state index in [2.05, 4.69) is 10.3 Å². The third-order valence-corrected chi connectivity index (χ3v) is 2.69. The molecule has 2 aromatic rings. The molecule has 1 aromatic carbocycles. The Balaban J connectivity index is 2.05. The number of H-pyrrole nitrogens is 1. The lowest BCUT2D eigenvalue weighted by atomic mass is 10.1. The number of hydrogen-bond acceptors (Lipinski definition) is 4. The van der Waals surface area contributed by atoms with Gasteiger partial charge in [0.05, 0.1) is 11.1 Å². The van der Waals surface area contributed by atoms with Crippen LogP contribution in [-0.4, -0.2) is 16.6 Å². The molecule has 1 heterocycles. The van der Waals surface area contributed by atoms with Gasteiger partial charge in [-0.2, -0.15) is 0 Å². The molecule has 0 fully saturated rings. The van der Waals surface area contributed by atoms with E-state index in [1.165, 1.54) is 6.07 Å².